The van der Waals surface area contributed by atoms with Crippen molar-refractivity contribution >= 4 is 6.01 Å². The Morgan fingerprint density at radius 1 is 1.64 bits per heavy atom. The van der Waals surface area contributed by atoms with Crippen molar-refractivity contribution in [2.24, 2.45) is 0 Å². The van der Waals surface area contributed by atoms with Gasteiger partial charge in [0.05, 0.1) is 5.69 Å². The van der Waals surface area contributed by atoms with Crippen molar-refractivity contribution in [1.29, 1.82) is 0 Å². The van der Waals surface area contributed by atoms with Gasteiger partial charge in [0.25, 0.3) is 6.01 Å². The summed E-state index contributed by atoms with van der Waals surface area (Å²) in [4.78, 5) is 6.54. The molecule has 1 fully saturated rings. The highest BCUT2D eigenvalue weighted by atomic mass is 16.4. The third-order valence-electron chi connectivity index (χ3n) is 2.82. The van der Waals surface area contributed by atoms with E-state index in [9.17, 15) is 0 Å². The van der Waals surface area contributed by atoms with Gasteiger partial charge < -0.3 is 14.6 Å². The van der Waals surface area contributed by atoms with Crippen molar-refractivity contribution in [2.45, 2.75) is 31.8 Å². The number of hydrogen-bond acceptors (Lipinski definition) is 4. The van der Waals surface area contributed by atoms with Crippen molar-refractivity contribution in [3.05, 3.63) is 12.0 Å². The average molecular weight is 195 g/mol. The Hall–Kier alpha value is -1.03. The van der Waals surface area contributed by atoms with Crippen molar-refractivity contribution in [3.63, 3.8) is 0 Å². The molecule has 0 aromatic carbocycles. The molecule has 1 aliphatic carbocycles. The molecular formula is C10H17N3O. The molecular weight excluding hydrogens is 178 g/mol. The molecule has 0 spiro atoms. The number of rotatable bonds is 4. The molecule has 0 unspecified atom stereocenters. The summed E-state index contributed by atoms with van der Waals surface area (Å²) < 4.78 is 5.41. The van der Waals surface area contributed by atoms with Crippen LogP contribution < -0.4 is 10.2 Å². The second-order valence-electron chi connectivity index (χ2n) is 3.85. The average Bonchev–Trinajstić information content (AvgIpc) is 2.50. The van der Waals surface area contributed by atoms with E-state index in [0.717, 1.165) is 18.3 Å². The van der Waals surface area contributed by atoms with Gasteiger partial charge in [-0.25, -0.2) is 0 Å². The zero-order valence-electron chi connectivity index (χ0n) is 8.79. The molecule has 1 aromatic rings. The van der Waals surface area contributed by atoms with Crippen LogP contribution in [0.25, 0.3) is 0 Å². The lowest BCUT2D eigenvalue weighted by atomic mass is 9.92. The van der Waals surface area contributed by atoms with Crippen LogP contribution in [-0.4, -0.2) is 25.1 Å². The second kappa shape index (κ2) is 4.00. The highest BCUT2D eigenvalue weighted by molar-refractivity contribution is 5.28. The van der Waals surface area contributed by atoms with Crippen LogP contribution in [0.1, 0.15) is 25.0 Å². The first-order chi connectivity index (χ1) is 6.81. The van der Waals surface area contributed by atoms with E-state index in [1.807, 2.05) is 7.05 Å². The quantitative estimate of drug-likeness (QED) is 0.788. The minimum atomic E-state index is 0.635. The Labute approximate surface area is 84.3 Å². The molecule has 0 aliphatic heterocycles. The molecule has 14 heavy (non-hydrogen) atoms. The first-order valence-corrected chi connectivity index (χ1v) is 5.13. The minimum Gasteiger partial charge on any atom is -0.432 e. The normalized spacial score (nSPS) is 16.7. The predicted octanol–water partition coefficient (Wildman–Crippen LogP) is 1.38. The Morgan fingerprint density at radius 2 is 2.43 bits per heavy atom. The molecule has 1 N–H and O–H groups in total. The lowest BCUT2D eigenvalue weighted by Crippen LogP contribution is -2.37. The van der Waals surface area contributed by atoms with Gasteiger partial charge in [-0.15, -0.1) is 0 Å². The maximum absolute atomic E-state index is 5.41. The van der Waals surface area contributed by atoms with Crippen LogP contribution in [0.2, 0.25) is 0 Å². The van der Waals surface area contributed by atoms with E-state index >= 15 is 0 Å². The standard InChI is InChI=1S/C10H17N3O/c1-11-6-8-7-14-10(12-8)13(2)9-4-3-5-9/h7,9,11H,3-6H2,1-2H3. The predicted molar refractivity (Wildman–Crippen MR) is 55.3 cm³/mol. The highest BCUT2D eigenvalue weighted by Crippen LogP contribution is 2.27. The van der Waals surface area contributed by atoms with Crippen molar-refractivity contribution in [1.82, 2.24) is 10.3 Å². The van der Waals surface area contributed by atoms with Crippen LogP contribution in [0.4, 0.5) is 6.01 Å². The van der Waals surface area contributed by atoms with E-state index in [1.54, 1.807) is 6.26 Å². The maximum atomic E-state index is 5.41. The number of nitrogens with zero attached hydrogens (tertiary/aromatic N) is 2. The van der Waals surface area contributed by atoms with Gasteiger partial charge in [-0.3, -0.25) is 0 Å². The van der Waals surface area contributed by atoms with Crippen LogP contribution in [0, 0.1) is 0 Å². The van der Waals surface area contributed by atoms with E-state index in [1.165, 1.54) is 19.3 Å². The summed E-state index contributed by atoms with van der Waals surface area (Å²) in [6.45, 7) is 0.766. The van der Waals surface area contributed by atoms with E-state index in [0.29, 0.717) is 6.04 Å². The second-order valence-corrected chi connectivity index (χ2v) is 3.85. The molecule has 0 bridgehead atoms. The van der Waals surface area contributed by atoms with Gasteiger partial charge in [0.1, 0.15) is 6.26 Å². The molecule has 4 nitrogen and oxygen atoms in total. The smallest absolute Gasteiger partial charge is 0.297 e. The minimum absolute atomic E-state index is 0.635. The largest absolute Gasteiger partial charge is 0.432 e. The summed E-state index contributed by atoms with van der Waals surface area (Å²) >= 11 is 0. The third kappa shape index (κ3) is 1.75. The first kappa shape index (κ1) is 9.52. The molecule has 0 atom stereocenters. The fraction of sp³-hybridized carbons (Fsp3) is 0.700. The van der Waals surface area contributed by atoms with Crippen LogP contribution >= 0.6 is 0 Å². The molecule has 78 valence electrons. The number of aromatic nitrogens is 1. The van der Waals surface area contributed by atoms with Gasteiger partial charge in [-0.1, -0.05) is 0 Å². The van der Waals surface area contributed by atoms with Crippen molar-refractivity contribution in [2.75, 3.05) is 19.0 Å². The number of hydrogen-bond donors (Lipinski definition) is 1. The molecule has 1 aliphatic rings. The summed E-state index contributed by atoms with van der Waals surface area (Å²) in [6.07, 6.45) is 5.58. The van der Waals surface area contributed by atoms with Gasteiger partial charge >= 0.3 is 0 Å². The van der Waals surface area contributed by atoms with Crippen LogP contribution in [0.3, 0.4) is 0 Å². The summed E-state index contributed by atoms with van der Waals surface area (Å²) in [6, 6.07) is 1.39. The summed E-state index contributed by atoms with van der Waals surface area (Å²) in [5.74, 6) is 0. The molecule has 2 rings (SSSR count). The zero-order chi connectivity index (χ0) is 9.97. The van der Waals surface area contributed by atoms with Crippen LogP contribution in [0.15, 0.2) is 10.7 Å². The van der Waals surface area contributed by atoms with Crippen molar-refractivity contribution < 1.29 is 4.42 Å². The number of nitrogens with one attached hydrogen (secondary N) is 1. The summed E-state index contributed by atoms with van der Waals surface area (Å²) in [5, 5.41) is 3.05. The van der Waals surface area contributed by atoms with Gasteiger partial charge in [-0.2, -0.15) is 4.98 Å². The molecule has 1 aromatic heterocycles. The molecule has 1 heterocycles. The Balaban J connectivity index is 2.00. The lowest BCUT2D eigenvalue weighted by Gasteiger charge is -2.33. The van der Waals surface area contributed by atoms with Crippen LogP contribution in [-0.2, 0) is 6.54 Å². The topological polar surface area (TPSA) is 41.3 Å². The fourth-order valence-electron chi connectivity index (χ4n) is 1.65. The third-order valence-corrected chi connectivity index (χ3v) is 2.82. The highest BCUT2D eigenvalue weighted by Gasteiger charge is 2.24. The van der Waals surface area contributed by atoms with E-state index < -0.39 is 0 Å². The Bertz CT molecular complexity index is 293. The van der Waals surface area contributed by atoms with Gasteiger partial charge in [0.15, 0.2) is 0 Å². The van der Waals surface area contributed by atoms with Gasteiger partial charge in [0.2, 0.25) is 0 Å². The molecule has 0 saturated heterocycles. The molecule has 0 radical (unpaired) electrons. The first-order valence-electron chi connectivity index (χ1n) is 5.13. The maximum Gasteiger partial charge on any atom is 0.297 e. The van der Waals surface area contributed by atoms with Gasteiger partial charge in [0, 0.05) is 19.6 Å². The van der Waals surface area contributed by atoms with Crippen LogP contribution in [0.5, 0.6) is 0 Å². The lowest BCUT2D eigenvalue weighted by molar-refractivity contribution is 0.379. The van der Waals surface area contributed by atoms with E-state index in [2.05, 4.69) is 22.2 Å². The van der Waals surface area contributed by atoms with Crippen molar-refractivity contribution in [3.8, 4) is 0 Å². The van der Waals surface area contributed by atoms with Gasteiger partial charge in [-0.05, 0) is 26.3 Å². The van der Waals surface area contributed by atoms with E-state index in [4.69, 9.17) is 4.42 Å². The Morgan fingerprint density at radius 3 is 3.00 bits per heavy atom. The summed E-state index contributed by atoms with van der Waals surface area (Å²) in [7, 11) is 3.96. The molecule has 1 saturated carbocycles. The fourth-order valence-corrected chi connectivity index (χ4v) is 1.65. The molecule has 4 heteroatoms. The zero-order valence-corrected chi connectivity index (χ0v) is 8.79. The number of oxazole rings is 1. The van der Waals surface area contributed by atoms with E-state index in [-0.39, 0.29) is 0 Å². The molecule has 0 amide bonds. The number of anilines is 1. The SMILES string of the molecule is CNCc1coc(N(C)C2CCC2)n1. The summed E-state index contributed by atoms with van der Waals surface area (Å²) in [5.41, 5.74) is 0.966. The Kier molecular flexibility index (Phi) is 2.72. The monoisotopic (exact) mass is 195 g/mol.